The summed E-state index contributed by atoms with van der Waals surface area (Å²) in [6.45, 7) is 1.93. The first kappa shape index (κ1) is 9.21. The lowest BCUT2D eigenvalue weighted by Crippen LogP contribution is -1.99. The highest BCUT2D eigenvalue weighted by molar-refractivity contribution is 5.50. The third-order valence-electron chi connectivity index (χ3n) is 2.06. The number of nitrogen functional groups attached to an aromatic ring is 1. The molecular formula is C10H9N5. The van der Waals surface area contributed by atoms with Crippen LogP contribution in [0.3, 0.4) is 0 Å². The quantitative estimate of drug-likeness (QED) is 0.695. The summed E-state index contributed by atoms with van der Waals surface area (Å²) in [5.74, 6) is 0.159. The molecule has 2 rings (SSSR count). The van der Waals surface area contributed by atoms with E-state index in [4.69, 9.17) is 11.0 Å². The number of anilines is 1. The lowest BCUT2D eigenvalue weighted by atomic mass is 10.2. The van der Waals surface area contributed by atoms with E-state index in [1.54, 1.807) is 10.7 Å². The van der Waals surface area contributed by atoms with Gasteiger partial charge in [-0.05, 0) is 30.7 Å². The van der Waals surface area contributed by atoms with Crippen molar-refractivity contribution in [3.8, 4) is 11.8 Å². The maximum absolute atomic E-state index is 8.60. The largest absolute Gasteiger partial charge is 0.399 e. The van der Waals surface area contributed by atoms with Gasteiger partial charge in [0.15, 0.2) is 0 Å². The zero-order valence-electron chi connectivity index (χ0n) is 8.18. The fourth-order valence-electron chi connectivity index (χ4n) is 1.37. The van der Waals surface area contributed by atoms with Crippen LogP contribution in [-0.4, -0.2) is 14.8 Å². The number of benzene rings is 1. The van der Waals surface area contributed by atoms with Gasteiger partial charge in [-0.1, -0.05) is 0 Å². The Labute approximate surface area is 86.8 Å². The minimum absolute atomic E-state index is 0.159. The first-order valence-corrected chi connectivity index (χ1v) is 4.39. The third-order valence-corrected chi connectivity index (χ3v) is 2.06. The second-order valence-electron chi connectivity index (χ2n) is 3.17. The number of aryl methyl sites for hydroxylation is 1. The molecule has 0 unspecified atom stereocenters. The van der Waals surface area contributed by atoms with E-state index in [2.05, 4.69) is 10.1 Å². The van der Waals surface area contributed by atoms with E-state index in [-0.39, 0.29) is 5.82 Å². The van der Waals surface area contributed by atoms with Crippen LogP contribution in [0.1, 0.15) is 11.4 Å². The molecule has 0 saturated carbocycles. The van der Waals surface area contributed by atoms with Gasteiger partial charge < -0.3 is 5.73 Å². The van der Waals surface area contributed by atoms with E-state index in [1.165, 1.54) is 6.33 Å². The van der Waals surface area contributed by atoms with Crippen molar-refractivity contribution < 1.29 is 0 Å². The van der Waals surface area contributed by atoms with Crippen molar-refractivity contribution in [2.75, 3.05) is 5.73 Å². The molecule has 1 heterocycles. The Balaban J connectivity index is 2.50. The summed E-state index contributed by atoms with van der Waals surface area (Å²) in [4.78, 5) is 3.83. The monoisotopic (exact) mass is 199 g/mol. The van der Waals surface area contributed by atoms with Crippen LogP contribution < -0.4 is 5.73 Å². The molecular weight excluding hydrogens is 190 g/mol. The van der Waals surface area contributed by atoms with E-state index in [9.17, 15) is 0 Å². The van der Waals surface area contributed by atoms with Crippen LogP contribution in [0.4, 0.5) is 5.69 Å². The van der Waals surface area contributed by atoms with Crippen LogP contribution in [0, 0.1) is 18.3 Å². The van der Waals surface area contributed by atoms with Gasteiger partial charge in [-0.15, -0.1) is 5.10 Å². The summed E-state index contributed by atoms with van der Waals surface area (Å²) in [5.41, 5.74) is 8.21. The fourth-order valence-corrected chi connectivity index (χ4v) is 1.37. The predicted molar refractivity (Wildman–Crippen MR) is 55.2 cm³/mol. The Kier molecular flexibility index (Phi) is 2.10. The summed E-state index contributed by atoms with van der Waals surface area (Å²) in [7, 11) is 0. The lowest BCUT2D eigenvalue weighted by Gasteiger charge is -2.05. The molecule has 0 bridgehead atoms. The maximum atomic E-state index is 8.60. The molecule has 0 saturated heterocycles. The number of hydrogen-bond acceptors (Lipinski definition) is 4. The molecule has 0 aliphatic heterocycles. The number of nitrogens with two attached hydrogens (primary N) is 1. The standard InChI is InChI=1S/C10H9N5/c1-7-4-8(12)2-3-9(7)15-6-13-10(5-11)14-15/h2-4,6H,12H2,1H3. The molecule has 0 spiro atoms. The minimum Gasteiger partial charge on any atom is -0.399 e. The smallest absolute Gasteiger partial charge is 0.252 e. The molecule has 74 valence electrons. The third kappa shape index (κ3) is 1.65. The van der Waals surface area contributed by atoms with E-state index in [0.29, 0.717) is 5.69 Å². The van der Waals surface area contributed by atoms with Gasteiger partial charge >= 0.3 is 0 Å². The molecule has 5 nitrogen and oxygen atoms in total. The molecule has 1 aromatic carbocycles. The highest BCUT2D eigenvalue weighted by Gasteiger charge is 2.04. The van der Waals surface area contributed by atoms with Gasteiger partial charge in [-0.3, -0.25) is 0 Å². The molecule has 0 fully saturated rings. The van der Waals surface area contributed by atoms with E-state index < -0.39 is 0 Å². The topological polar surface area (TPSA) is 80.5 Å². The molecule has 0 radical (unpaired) electrons. The van der Waals surface area contributed by atoms with Crippen molar-refractivity contribution in [2.24, 2.45) is 0 Å². The van der Waals surface area contributed by atoms with Crippen molar-refractivity contribution in [3.05, 3.63) is 35.9 Å². The second kappa shape index (κ2) is 3.42. The average Bonchev–Trinajstić information content (AvgIpc) is 2.66. The molecule has 2 aromatic rings. The first-order chi connectivity index (χ1) is 7.20. The number of nitrogens with zero attached hydrogens (tertiary/aromatic N) is 4. The van der Waals surface area contributed by atoms with Crippen LogP contribution >= 0.6 is 0 Å². The maximum Gasteiger partial charge on any atom is 0.252 e. The Morgan fingerprint density at radius 3 is 2.87 bits per heavy atom. The average molecular weight is 199 g/mol. The van der Waals surface area contributed by atoms with Crippen LogP contribution in [0.2, 0.25) is 0 Å². The van der Waals surface area contributed by atoms with Crippen LogP contribution in [-0.2, 0) is 0 Å². The molecule has 0 atom stereocenters. The minimum atomic E-state index is 0.159. The van der Waals surface area contributed by atoms with Crippen molar-refractivity contribution in [2.45, 2.75) is 6.92 Å². The molecule has 15 heavy (non-hydrogen) atoms. The zero-order valence-corrected chi connectivity index (χ0v) is 8.18. The van der Waals surface area contributed by atoms with Gasteiger partial charge in [0, 0.05) is 5.69 Å². The number of aromatic nitrogens is 3. The Morgan fingerprint density at radius 1 is 1.47 bits per heavy atom. The van der Waals surface area contributed by atoms with Gasteiger partial charge in [-0.25, -0.2) is 9.67 Å². The van der Waals surface area contributed by atoms with Crippen LogP contribution in [0.15, 0.2) is 24.5 Å². The summed E-state index contributed by atoms with van der Waals surface area (Å²) in [6, 6.07) is 7.37. The van der Waals surface area contributed by atoms with Crippen molar-refractivity contribution in [1.82, 2.24) is 14.8 Å². The van der Waals surface area contributed by atoms with E-state index in [1.807, 2.05) is 25.1 Å². The normalized spacial score (nSPS) is 9.87. The molecule has 5 heteroatoms. The van der Waals surface area contributed by atoms with Gasteiger partial charge in [0.2, 0.25) is 0 Å². The number of nitriles is 1. The summed E-state index contributed by atoms with van der Waals surface area (Å²) >= 11 is 0. The van der Waals surface area contributed by atoms with Crippen LogP contribution in [0.25, 0.3) is 5.69 Å². The first-order valence-electron chi connectivity index (χ1n) is 4.39. The molecule has 0 aliphatic rings. The highest BCUT2D eigenvalue weighted by atomic mass is 15.3. The Morgan fingerprint density at radius 2 is 2.27 bits per heavy atom. The van der Waals surface area contributed by atoms with E-state index in [0.717, 1.165) is 11.3 Å². The zero-order chi connectivity index (χ0) is 10.8. The van der Waals surface area contributed by atoms with Crippen molar-refractivity contribution >= 4 is 5.69 Å². The molecule has 2 N–H and O–H groups in total. The highest BCUT2D eigenvalue weighted by Crippen LogP contribution is 2.15. The summed E-state index contributed by atoms with van der Waals surface area (Å²) in [6.07, 6.45) is 1.51. The Hall–Kier alpha value is -2.35. The predicted octanol–water partition coefficient (Wildman–Crippen LogP) is 1.03. The van der Waals surface area contributed by atoms with Gasteiger partial charge in [-0.2, -0.15) is 5.26 Å². The fraction of sp³-hybridized carbons (Fsp3) is 0.100. The Bertz CT molecular complexity index is 535. The van der Waals surface area contributed by atoms with Crippen LogP contribution in [0.5, 0.6) is 0 Å². The van der Waals surface area contributed by atoms with Gasteiger partial charge in [0.25, 0.3) is 5.82 Å². The van der Waals surface area contributed by atoms with Crippen molar-refractivity contribution in [3.63, 3.8) is 0 Å². The van der Waals surface area contributed by atoms with E-state index >= 15 is 0 Å². The van der Waals surface area contributed by atoms with Crippen molar-refractivity contribution in [1.29, 1.82) is 5.26 Å². The summed E-state index contributed by atoms with van der Waals surface area (Å²) < 4.78 is 1.56. The summed E-state index contributed by atoms with van der Waals surface area (Å²) in [5, 5.41) is 12.6. The number of rotatable bonds is 1. The SMILES string of the molecule is Cc1cc(N)ccc1-n1cnc(C#N)n1. The molecule has 1 aromatic heterocycles. The van der Waals surface area contributed by atoms with Gasteiger partial charge in [0.05, 0.1) is 5.69 Å². The molecule has 0 aliphatic carbocycles. The lowest BCUT2D eigenvalue weighted by molar-refractivity contribution is 0.865. The second-order valence-corrected chi connectivity index (χ2v) is 3.17. The van der Waals surface area contributed by atoms with Gasteiger partial charge in [0.1, 0.15) is 12.4 Å². The molecule has 0 amide bonds. The number of hydrogen-bond donors (Lipinski definition) is 1.